The number of nitrogens with zero attached hydrogens (tertiary/aromatic N) is 1. The molecule has 0 aliphatic heterocycles. The van der Waals surface area contributed by atoms with Gasteiger partial charge in [-0.3, -0.25) is 4.79 Å². The van der Waals surface area contributed by atoms with E-state index in [0.29, 0.717) is 0 Å². The number of aryl methyl sites for hydroxylation is 1. The van der Waals surface area contributed by atoms with E-state index in [-0.39, 0.29) is 11.5 Å². The van der Waals surface area contributed by atoms with E-state index in [1.165, 1.54) is 0 Å². The second kappa shape index (κ2) is 5.15. The number of para-hydroxylation sites is 1. The van der Waals surface area contributed by atoms with Gasteiger partial charge < -0.3 is 10.3 Å². The lowest BCUT2D eigenvalue weighted by Gasteiger charge is -2.11. The molecule has 2 aromatic rings. The quantitative estimate of drug-likeness (QED) is 0.874. The monoisotopic (exact) mass is 230 g/mol. The topological polar surface area (TPSA) is 48.0 Å². The fourth-order valence-corrected chi connectivity index (χ4v) is 2.04. The van der Waals surface area contributed by atoms with Crippen molar-refractivity contribution >= 4 is 10.9 Å². The first-order chi connectivity index (χ1) is 8.18. The Labute approximate surface area is 101 Å². The lowest BCUT2D eigenvalue weighted by Crippen LogP contribution is -2.16. The minimum atomic E-state index is 0.0871. The number of aromatic nitrogens is 1. The van der Waals surface area contributed by atoms with Crippen molar-refractivity contribution in [2.24, 2.45) is 5.73 Å². The second-order valence-corrected chi connectivity index (χ2v) is 4.51. The van der Waals surface area contributed by atoms with E-state index in [4.69, 9.17) is 5.73 Å². The predicted molar refractivity (Wildman–Crippen MR) is 71.1 cm³/mol. The fourth-order valence-electron chi connectivity index (χ4n) is 2.04. The summed E-state index contributed by atoms with van der Waals surface area (Å²) in [6, 6.07) is 9.59. The highest BCUT2D eigenvalue weighted by atomic mass is 16.1. The average Bonchev–Trinajstić information content (AvgIpc) is 2.32. The molecule has 0 fully saturated rings. The summed E-state index contributed by atoms with van der Waals surface area (Å²) in [5.74, 6) is 0. The third-order valence-electron chi connectivity index (χ3n) is 2.94. The van der Waals surface area contributed by atoms with Gasteiger partial charge in [0.05, 0.1) is 5.52 Å². The molecule has 0 radical (unpaired) electrons. The Kier molecular flexibility index (Phi) is 3.59. The number of benzene rings is 1. The van der Waals surface area contributed by atoms with Gasteiger partial charge in [0, 0.05) is 30.2 Å². The van der Waals surface area contributed by atoms with Gasteiger partial charge in [-0.25, -0.2) is 0 Å². The van der Waals surface area contributed by atoms with Gasteiger partial charge in [-0.15, -0.1) is 0 Å². The number of rotatable bonds is 4. The summed E-state index contributed by atoms with van der Waals surface area (Å²) in [6.45, 7) is 2.92. The van der Waals surface area contributed by atoms with Crippen molar-refractivity contribution in [1.29, 1.82) is 0 Å². The molecule has 3 nitrogen and oxygen atoms in total. The summed E-state index contributed by atoms with van der Waals surface area (Å²) in [5.41, 5.74) is 6.83. The highest BCUT2D eigenvalue weighted by Gasteiger charge is 2.02. The summed E-state index contributed by atoms with van der Waals surface area (Å²) in [6.07, 6.45) is 3.90. The van der Waals surface area contributed by atoms with Gasteiger partial charge in [0.25, 0.3) is 0 Å². The molecule has 0 aliphatic carbocycles. The molecule has 2 rings (SSSR count). The van der Waals surface area contributed by atoms with E-state index in [1.54, 1.807) is 6.07 Å². The molecule has 0 saturated carbocycles. The van der Waals surface area contributed by atoms with Crippen molar-refractivity contribution < 1.29 is 0 Å². The molecule has 0 amide bonds. The zero-order valence-electron chi connectivity index (χ0n) is 10.1. The molecule has 90 valence electrons. The Balaban J connectivity index is 2.29. The predicted octanol–water partition coefficient (Wildman–Crippen LogP) is 2.13. The molecule has 3 heteroatoms. The molecule has 1 aromatic heterocycles. The zero-order valence-corrected chi connectivity index (χ0v) is 10.1. The van der Waals surface area contributed by atoms with Crippen molar-refractivity contribution in [3.05, 3.63) is 46.8 Å². The Morgan fingerprint density at radius 1 is 1.29 bits per heavy atom. The molecular weight excluding hydrogens is 212 g/mol. The van der Waals surface area contributed by atoms with Crippen LogP contribution < -0.4 is 11.2 Å². The number of nitrogens with two attached hydrogens (primary N) is 1. The first-order valence-electron chi connectivity index (χ1n) is 6.02. The third-order valence-corrected chi connectivity index (χ3v) is 2.94. The highest BCUT2D eigenvalue weighted by molar-refractivity contribution is 5.78. The van der Waals surface area contributed by atoms with Crippen molar-refractivity contribution in [3.8, 4) is 0 Å². The van der Waals surface area contributed by atoms with E-state index in [9.17, 15) is 4.79 Å². The maximum atomic E-state index is 11.7. The van der Waals surface area contributed by atoms with Gasteiger partial charge in [0.2, 0.25) is 0 Å². The van der Waals surface area contributed by atoms with Crippen LogP contribution in [0.5, 0.6) is 0 Å². The summed E-state index contributed by atoms with van der Waals surface area (Å²) < 4.78 is 2.12. The lowest BCUT2D eigenvalue weighted by atomic mass is 10.1. The molecule has 1 unspecified atom stereocenters. The van der Waals surface area contributed by atoms with Crippen molar-refractivity contribution in [3.63, 3.8) is 0 Å². The number of hydrogen-bond donors (Lipinski definition) is 1. The van der Waals surface area contributed by atoms with Crippen LogP contribution in [0.1, 0.15) is 19.8 Å². The van der Waals surface area contributed by atoms with Gasteiger partial charge in [0.1, 0.15) is 0 Å². The van der Waals surface area contributed by atoms with Crippen LogP contribution in [-0.4, -0.2) is 10.6 Å². The van der Waals surface area contributed by atoms with Gasteiger partial charge in [-0.1, -0.05) is 12.1 Å². The summed E-state index contributed by atoms with van der Waals surface area (Å²) in [7, 11) is 0. The molecule has 2 N–H and O–H groups in total. The molecule has 1 aromatic carbocycles. The smallest absolute Gasteiger partial charge is 0.189 e. The fraction of sp³-hybridized carbons (Fsp3) is 0.357. The minimum absolute atomic E-state index is 0.0871. The van der Waals surface area contributed by atoms with E-state index in [0.717, 1.165) is 30.3 Å². The van der Waals surface area contributed by atoms with Gasteiger partial charge in [-0.2, -0.15) is 0 Å². The number of pyridine rings is 1. The second-order valence-electron chi connectivity index (χ2n) is 4.51. The number of fused-ring (bicyclic) bond motifs is 1. The first-order valence-corrected chi connectivity index (χ1v) is 6.02. The van der Waals surface area contributed by atoms with Crippen LogP contribution in [-0.2, 0) is 6.54 Å². The molecule has 0 saturated heterocycles. The summed E-state index contributed by atoms with van der Waals surface area (Å²) in [5, 5.41) is 0.788. The highest BCUT2D eigenvalue weighted by Crippen LogP contribution is 2.10. The molecule has 0 spiro atoms. The molecule has 0 aliphatic rings. The van der Waals surface area contributed by atoms with Gasteiger partial charge in [0.15, 0.2) is 5.43 Å². The van der Waals surface area contributed by atoms with Crippen molar-refractivity contribution in [2.75, 3.05) is 0 Å². The zero-order chi connectivity index (χ0) is 12.3. The molecule has 0 bridgehead atoms. The van der Waals surface area contributed by atoms with Gasteiger partial charge >= 0.3 is 0 Å². The van der Waals surface area contributed by atoms with Crippen molar-refractivity contribution in [1.82, 2.24) is 4.57 Å². The van der Waals surface area contributed by atoms with Crippen LogP contribution >= 0.6 is 0 Å². The molecular formula is C14H18N2O. The van der Waals surface area contributed by atoms with E-state index in [2.05, 4.69) is 4.57 Å². The Morgan fingerprint density at radius 3 is 2.82 bits per heavy atom. The van der Waals surface area contributed by atoms with E-state index < -0.39 is 0 Å². The standard InChI is InChI=1S/C14H18N2O/c1-11(15)5-4-9-16-10-8-14(17)12-6-2-3-7-13(12)16/h2-3,6-8,10-11H,4-5,9,15H2,1H3. The Hall–Kier alpha value is -1.61. The Bertz CT molecular complexity index is 557. The van der Waals surface area contributed by atoms with Crippen LogP contribution in [0.25, 0.3) is 10.9 Å². The molecule has 17 heavy (non-hydrogen) atoms. The molecule has 1 atom stereocenters. The largest absolute Gasteiger partial charge is 0.347 e. The van der Waals surface area contributed by atoms with Crippen molar-refractivity contribution in [2.45, 2.75) is 32.4 Å². The van der Waals surface area contributed by atoms with Crippen LogP contribution in [0.4, 0.5) is 0 Å². The van der Waals surface area contributed by atoms with Crippen LogP contribution in [0.2, 0.25) is 0 Å². The third kappa shape index (κ3) is 2.74. The summed E-state index contributed by atoms with van der Waals surface area (Å²) >= 11 is 0. The Morgan fingerprint density at radius 2 is 2.06 bits per heavy atom. The normalized spacial score (nSPS) is 12.8. The minimum Gasteiger partial charge on any atom is -0.347 e. The van der Waals surface area contributed by atoms with Crippen LogP contribution in [0.3, 0.4) is 0 Å². The maximum absolute atomic E-state index is 11.7. The first kappa shape index (κ1) is 11.9. The van der Waals surface area contributed by atoms with Crippen LogP contribution in [0, 0.1) is 0 Å². The SMILES string of the molecule is CC(N)CCCn1ccc(=O)c2ccccc21. The lowest BCUT2D eigenvalue weighted by molar-refractivity contribution is 0.565. The van der Waals surface area contributed by atoms with E-state index in [1.807, 2.05) is 37.4 Å². The average molecular weight is 230 g/mol. The van der Waals surface area contributed by atoms with E-state index >= 15 is 0 Å². The van der Waals surface area contributed by atoms with Crippen LogP contribution in [0.15, 0.2) is 41.3 Å². The number of hydrogen-bond acceptors (Lipinski definition) is 2. The summed E-state index contributed by atoms with van der Waals surface area (Å²) in [4.78, 5) is 11.7. The maximum Gasteiger partial charge on any atom is 0.189 e. The molecule has 1 heterocycles. The van der Waals surface area contributed by atoms with Gasteiger partial charge in [-0.05, 0) is 31.9 Å².